The summed E-state index contributed by atoms with van der Waals surface area (Å²) in [6, 6.07) is 9.85. The van der Waals surface area contributed by atoms with Gasteiger partial charge in [-0.3, -0.25) is 4.79 Å². The molecule has 1 unspecified atom stereocenters. The first-order valence-electron chi connectivity index (χ1n) is 6.82. The lowest BCUT2D eigenvalue weighted by Gasteiger charge is -2.31. The van der Waals surface area contributed by atoms with Crippen molar-refractivity contribution in [1.29, 1.82) is 0 Å². The van der Waals surface area contributed by atoms with E-state index in [1.54, 1.807) is 12.2 Å². The number of carbonyl (C=O) groups is 1. The third-order valence-corrected chi connectivity index (χ3v) is 3.19. The molecule has 1 aromatic carbocycles. The standard InChI is InChI=1S/C17H19ClO3/c1-16(2,3)20-21-17(10-9-15(19)14(18)12-17)11-13-7-5-4-6-8-13/h4-10,12H,11H2,1-3H3. The van der Waals surface area contributed by atoms with Crippen molar-refractivity contribution in [2.24, 2.45) is 0 Å². The van der Waals surface area contributed by atoms with Crippen LogP contribution in [0.4, 0.5) is 0 Å². The van der Waals surface area contributed by atoms with Crippen LogP contribution in [-0.2, 0) is 21.0 Å². The van der Waals surface area contributed by atoms with Crippen LogP contribution in [0.25, 0.3) is 0 Å². The molecule has 3 nitrogen and oxygen atoms in total. The third-order valence-electron chi connectivity index (χ3n) is 2.89. The highest BCUT2D eigenvalue weighted by Gasteiger charge is 2.34. The predicted octanol–water partition coefficient (Wildman–Crippen LogP) is 3.98. The molecule has 0 fully saturated rings. The molecule has 1 aliphatic rings. The molecule has 21 heavy (non-hydrogen) atoms. The van der Waals surface area contributed by atoms with Crippen LogP contribution < -0.4 is 0 Å². The van der Waals surface area contributed by atoms with E-state index < -0.39 is 11.2 Å². The third kappa shape index (κ3) is 4.53. The Morgan fingerprint density at radius 2 is 1.86 bits per heavy atom. The van der Waals surface area contributed by atoms with Crippen LogP contribution in [-0.4, -0.2) is 17.0 Å². The van der Waals surface area contributed by atoms with Crippen molar-refractivity contribution in [1.82, 2.24) is 0 Å². The maximum absolute atomic E-state index is 11.6. The van der Waals surface area contributed by atoms with E-state index in [1.807, 2.05) is 51.1 Å². The van der Waals surface area contributed by atoms with Gasteiger partial charge in [0.25, 0.3) is 0 Å². The summed E-state index contributed by atoms with van der Waals surface area (Å²) in [5.74, 6) is -0.222. The van der Waals surface area contributed by atoms with Crippen LogP contribution >= 0.6 is 11.6 Å². The molecule has 0 amide bonds. The number of benzene rings is 1. The summed E-state index contributed by atoms with van der Waals surface area (Å²) >= 11 is 5.99. The maximum atomic E-state index is 11.6. The van der Waals surface area contributed by atoms with Crippen LogP contribution in [0.1, 0.15) is 26.3 Å². The van der Waals surface area contributed by atoms with E-state index in [1.165, 1.54) is 6.08 Å². The molecule has 0 radical (unpaired) electrons. The molecule has 0 bridgehead atoms. The molecule has 112 valence electrons. The Balaban J connectivity index is 2.27. The average Bonchev–Trinajstić information content (AvgIpc) is 2.42. The first-order chi connectivity index (χ1) is 9.80. The number of rotatable bonds is 4. The van der Waals surface area contributed by atoms with Crippen molar-refractivity contribution >= 4 is 17.4 Å². The van der Waals surface area contributed by atoms with Gasteiger partial charge in [-0.05, 0) is 44.6 Å². The van der Waals surface area contributed by atoms with Crippen molar-refractivity contribution in [3.8, 4) is 0 Å². The van der Waals surface area contributed by atoms with Gasteiger partial charge < -0.3 is 0 Å². The number of hydrogen-bond acceptors (Lipinski definition) is 3. The Bertz CT molecular complexity index is 569. The molecule has 0 spiro atoms. The number of hydrogen-bond donors (Lipinski definition) is 0. The van der Waals surface area contributed by atoms with Crippen LogP contribution in [0.15, 0.2) is 53.6 Å². The number of halogens is 1. The van der Waals surface area contributed by atoms with E-state index in [4.69, 9.17) is 21.4 Å². The van der Waals surface area contributed by atoms with E-state index in [0.29, 0.717) is 6.42 Å². The van der Waals surface area contributed by atoms with E-state index in [-0.39, 0.29) is 10.8 Å². The summed E-state index contributed by atoms with van der Waals surface area (Å²) in [4.78, 5) is 22.7. The summed E-state index contributed by atoms with van der Waals surface area (Å²) in [7, 11) is 0. The summed E-state index contributed by atoms with van der Waals surface area (Å²) in [5.41, 5.74) is -0.270. The minimum atomic E-state index is -0.875. The first-order valence-corrected chi connectivity index (χ1v) is 7.20. The highest BCUT2D eigenvalue weighted by atomic mass is 35.5. The van der Waals surface area contributed by atoms with Gasteiger partial charge in [-0.1, -0.05) is 41.9 Å². The normalized spacial score (nSPS) is 22.3. The molecule has 2 rings (SSSR count). The molecule has 1 aliphatic carbocycles. The van der Waals surface area contributed by atoms with Crippen molar-refractivity contribution in [3.05, 3.63) is 59.2 Å². The average molecular weight is 307 g/mol. The molecule has 0 aliphatic heterocycles. The van der Waals surface area contributed by atoms with E-state index >= 15 is 0 Å². The Morgan fingerprint density at radius 1 is 1.19 bits per heavy atom. The number of ketones is 1. The van der Waals surface area contributed by atoms with Gasteiger partial charge in [-0.15, -0.1) is 0 Å². The highest BCUT2D eigenvalue weighted by Crippen LogP contribution is 2.30. The van der Waals surface area contributed by atoms with Gasteiger partial charge in [0.2, 0.25) is 0 Å². The quantitative estimate of drug-likeness (QED) is 0.623. The fraction of sp³-hybridized carbons (Fsp3) is 0.353. The van der Waals surface area contributed by atoms with Gasteiger partial charge in [0.15, 0.2) is 5.78 Å². The van der Waals surface area contributed by atoms with Crippen LogP contribution in [0.5, 0.6) is 0 Å². The molecule has 0 N–H and O–H groups in total. The zero-order chi connectivity index (χ0) is 15.5. The predicted molar refractivity (Wildman–Crippen MR) is 82.9 cm³/mol. The second-order valence-electron chi connectivity index (χ2n) is 6.09. The molecule has 0 saturated heterocycles. The molecule has 0 heterocycles. The van der Waals surface area contributed by atoms with Gasteiger partial charge in [0.05, 0.1) is 10.6 Å². The van der Waals surface area contributed by atoms with Gasteiger partial charge >= 0.3 is 0 Å². The lowest BCUT2D eigenvalue weighted by molar-refractivity contribution is -0.383. The van der Waals surface area contributed by atoms with Gasteiger partial charge in [0.1, 0.15) is 5.60 Å². The first kappa shape index (κ1) is 16.0. The summed E-state index contributed by atoms with van der Waals surface area (Å²) < 4.78 is 0. The second-order valence-corrected chi connectivity index (χ2v) is 6.49. The molecule has 1 atom stereocenters. The van der Waals surface area contributed by atoms with Gasteiger partial charge in [-0.2, -0.15) is 0 Å². The fourth-order valence-corrected chi connectivity index (χ4v) is 2.19. The lowest BCUT2D eigenvalue weighted by atomic mass is 9.90. The number of allylic oxidation sites excluding steroid dienone is 2. The second kappa shape index (κ2) is 6.14. The zero-order valence-corrected chi connectivity index (χ0v) is 13.2. The zero-order valence-electron chi connectivity index (χ0n) is 12.4. The van der Waals surface area contributed by atoms with Crippen LogP contribution in [0.3, 0.4) is 0 Å². The topological polar surface area (TPSA) is 35.5 Å². The monoisotopic (exact) mass is 306 g/mol. The lowest BCUT2D eigenvalue weighted by Crippen LogP contribution is -2.37. The molecule has 1 aromatic rings. The van der Waals surface area contributed by atoms with Crippen molar-refractivity contribution in [3.63, 3.8) is 0 Å². The van der Waals surface area contributed by atoms with E-state index in [9.17, 15) is 4.79 Å². The molecule has 0 aromatic heterocycles. The molecule has 0 saturated carbocycles. The number of carbonyl (C=O) groups excluding carboxylic acids is 1. The Hall–Kier alpha value is -1.42. The SMILES string of the molecule is CC(C)(C)OOC1(Cc2ccccc2)C=CC(=O)C(Cl)=C1. The van der Waals surface area contributed by atoms with Crippen molar-refractivity contribution < 1.29 is 14.6 Å². The molecular weight excluding hydrogens is 288 g/mol. The minimum Gasteiger partial charge on any atom is -0.288 e. The molecular formula is C17H19ClO3. The smallest absolute Gasteiger partial charge is 0.196 e. The van der Waals surface area contributed by atoms with Crippen molar-refractivity contribution in [2.75, 3.05) is 0 Å². The Labute approximate surface area is 130 Å². The van der Waals surface area contributed by atoms with E-state index in [0.717, 1.165) is 5.56 Å². The van der Waals surface area contributed by atoms with Gasteiger partial charge in [-0.25, -0.2) is 9.78 Å². The highest BCUT2D eigenvalue weighted by molar-refractivity contribution is 6.44. The molecule has 4 heteroatoms. The Kier molecular flexibility index (Phi) is 4.67. The van der Waals surface area contributed by atoms with Gasteiger partial charge in [0, 0.05) is 6.42 Å². The summed E-state index contributed by atoms with van der Waals surface area (Å²) in [6.07, 6.45) is 5.26. The fourth-order valence-electron chi connectivity index (χ4n) is 1.94. The summed E-state index contributed by atoms with van der Waals surface area (Å²) in [6.45, 7) is 5.69. The van der Waals surface area contributed by atoms with Crippen LogP contribution in [0.2, 0.25) is 0 Å². The van der Waals surface area contributed by atoms with Crippen molar-refractivity contribution in [2.45, 2.75) is 38.4 Å². The summed E-state index contributed by atoms with van der Waals surface area (Å²) in [5, 5.41) is 0.144. The Morgan fingerprint density at radius 3 is 2.43 bits per heavy atom. The van der Waals surface area contributed by atoms with E-state index in [2.05, 4.69) is 0 Å². The largest absolute Gasteiger partial charge is 0.288 e. The minimum absolute atomic E-state index is 0.144. The van der Waals surface area contributed by atoms with Crippen LogP contribution in [0, 0.1) is 0 Å². The maximum Gasteiger partial charge on any atom is 0.196 e.